The van der Waals surface area contributed by atoms with E-state index in [4.69, 9.17) is 0 Å². The Morgan fingerprint density at radius 3 is 2.41 bits per heavy atom. The van der Waals surface area contributed by atoms with E-state index < -0.39 is 0 Å². The number of hydrogen-bond donors (Lipinski definition) is 0. The van der Waals surface area contributed by atoms with Gasteiger partial charge in [-0.3, -0.25) is 0 Å². The van der Waals surface area contributed by atoms with Crippen LogP contribution in [0.5, 0.6) is 0 Å². The third-order valence-corrected chi connectivity index (χ3v) is 6.32. The summed E-state index contributed by atoms with van der Waals surface area (Å²) in [7, 11) is 0. The summed E-state index contributed by atoms with van der Waals surface area (Å²) in [5.41, 5.74) is 4.47. The summed E-state index contributed by atoms with van der Waals surface area (Å²) < 4.78 is 0. The molecule has 120 valence electrons. The minimum atomic E-state index is 0.936. The summed E-state index contributed by atoms with van der Waals surface area (Å²) in [5, 5.41) is 0. The molecule has 1 aromatic carbocycles. The molecular weight excluding hydrogens is 264 g/mol. The van der Waals surface area contributed by atoms with Crippen LogP contribution in [0.25, 0.3) is 6.08 Å². The van der Waals surface area contributed by atoms with Crippen LogP contribution >= 0.6 is 0 Å². The summed E-state index contributed by atoms with van der Waals surface area (Å²) >= 11 is 0. The fourth-order valence-electron chi connectivity index (χ4n) is 4.62. The van der Waals surface area contributed by atoms with Crippen molar-refractivity contribution < 1.29 is 0 Å². The Kier molecular flexibility index (Phi) is 5.39. The van der Waals surface area contributed by atoms with Gasteiger partial charge in [0, 0.05) is 0 Å². The first-order chi connectivity index (χ1) is 10.8. The Balaban J connectivity index is 1.48. The van der Waals surface area contributed by atoms with Gasteiger partial charge < -0.3 is 0 Å². The second-order valence-electron chi connectivity index (χ2n) is 7.71. The highest BCUT2D eigenvalue weighted by molar-refractivity contribution is 5.50. The normalized spacial score (nSPS) is 28.1. The lowest BCUT2D eigenvalue weighted by Gasteiger charge is -2.30. The number of aryl methyl sites for hydroxylation is 1. The van der Waals surface area contributed by atoms with Gasteiger partial charge in [0.05, 0.1) is 0 Å². The Labute approximate surface area is 137 Å². The van der Waals surface area contributed by atoms with Gasteiger partial charge in [-0.25, -0.2) is 0 Å². The van der Waals surface area contributed by atoms with Crippen LogP contribution in [0.3, 0.4) is 0 Å². The maximum absolute atomic E-state index is 3.89. The highest BCUT2D eigenvalue weighted by atomic mass is 14.3. The van der Waals surface area contributed by atoms with Crippen LogP contribution in [0.1, 0.15) is 75.0 Å². The van der Waals surface area contributed by atoms with Gasteiger partial charge in [-0.1, -0.05) is 76.3 Å². The van der Waals surface area contributed by atoms with E-state index in [1.54, 1.807) is 11.1 Å². The van der Waals surface area contributed by atoms with Crippen molar-refractivity contribution in [3.05, 3.63) is 41.5 Å². The molecule has 0 aliphatic heterocycles. The second kappa shape index (κ2) is 7.49. The zero-order valence-electron chi connectivity index (χ0n) is 14.3. The molecule has 1 unspecified atom stereocenters. The van der Waals surface area contributed by atoms with Crippen LogP contribution in [0.15, 0.2) is 24.8 Å². The van der Waals surface area contributed by atoms with E-state index >= 15 is 0 Å². The molecular formula is C22H32. The molecule has 0 radical (unpaired) electrons. The highest BCUT2D eigenvalue weighted by Gasteiger charge is 2.23. The molecule has 0 amide bonds. The van der Waals surface area contributed by atoms with Crippen LogP contribution in [0.4, 0.5) is 0 Å². The van der Waals surface area contributed by atoms with E-state index in [-0.39, 0.29) is 0 Å². The molecule has 0 heteroatoms. The Morgan fingerprint density at radius 1 is 0.955 bits per heavy atom. The van der Waals surface area contributed by atoms with E-state index in [0.29, 0.717) is 0 Å². The van der Waals surface area contributed by atoms with E-state index in [1.165, 1.54) is 69.8 Å². The third kappa shape index (κ3) is 3.83. The minimum Gasteiger partial charge on any atom is -0.0985 e. The molecule has 0 saturated heterocycles. The van der Waals surface area contributed by atoms with Crippen molar-refractivity contribution >= 4 is 6.08 Å². The molecule has 1 fully saturated rings. The quantitative estimate of drug-likeness (QED) is 0.587. The van der Waals surface area contributed by atoms with Gasteiger partial charge in [0.2, 0.25) is 0 Å². The smallest absolute Gasteiger partial charge is 0.0248 e. The maximum atomic E-state index is 3.89. The molecule has 0 nitrogen and oxygen atoms in total. The first kappa shape index (κ1) is 15.8. The number of hydrogen-bond acceptors (Lipinski definition) is 0. The van der Waals surface area contributed by atoms with Gasteiger partial charge in [-0.15, -0.1) is 0 Å². The average Bonchev–Trinajstić information content (AvgIpc) is 2.59. The summed E-state index contributed by atoms with van der Waals surface area (Å²) in [6.07, 6.45) is 16.3. The first-order valence-corrected chi connectivity index (χ1v) is 9.52. The predicted octanol–water partition coefficient (Wildman–Crippen LogP) is 6.43. The molecule has 0 N–H and O–H groups in total. The molecule has 0 bridgehead atoms. The Morgan fingerprint density at radius 2 is 1.68 bits per heavy atom. The zero-order chi connectivity index (χ0) is 15.4. The van der Waals surface area contributed by atoms with Gasteiger partial charge in [0.15, 0.2) is 0 Å². The van der Waals surface area contributed by atoms with Crippen LogP contribution in [-0.4, -0.2) is 0 Å². The molecule has 2 aliphatic rings. The van der Waals surface area contributed by atoms with E-state index in [0.717, 1.165) is 17.8 Å². The van der Waals surface area contributed by atoms with Gasteiger partial charge in [0.1, 0.15) is 0 Å². The van der Waals surface area contributed by atoms with Gasteiger partial charge in [-0.2, -0.15) is 0 Å². The van der Waals surface area contributed by atoms with Crippen molar-refractivity contribution in [2.75, 3.05) is 0 Å². The van der Waals surface area contributed by atoms with Crippen LogP contribution in [0, 0.1) is 17.8 Å². The fourth-order valence-corrected chi connectivity index (χ4v) is 4.62. The number of fused-ring (bicyclic) bond motifs is 1. The van der Waals surface area contributed by atoms with E-state index in [9.17, 15) is 0 Å². The van der Waals surface area contributed by atoms with Crippen molar-refractivity contribution in [2.24, 2.45) is 17.8 Å². The van der Waals surface area contributed by atoms with Gasteiger partial charge in [-0.05, 0) is 60.1 Å². The first-order valence-electron chi connectivity index (χ1n) is 9.52. The highest BCUT2D eigenvalue weighted by Crippen LogP contribution is 2.36. The average molecular weight is 296 g/mol. The lowest BCUT2D eigenvalue weighted by atomic mass is 9.75. The molecule has 1 atom stereocenters. The second-order valence-corrected chi connectivity index (χ2v) is 7.71. The number of benzene rings is 1. The van der Waals surface area contributed by atoms with Crippen molar-refractivity contribution in [3.8, 4) is 0 Å². The Bertz CT molecular complexity index is 491. The third-order valence-electron chi connectivity index (χ3n) is 6.32. The van der Waals surface area contributed by atoms with Crippen molar-refractivity contribution in [1.29, 1.82) is 0 Å². The van der Waals surface area contributed by atoms with Crippen LogP contribution in [0.2, 0.25) is 0 Å². The monoisotopic (exact) mass is 296 g/mol. The molecule has 0 heterocycles. The lowest BCUT2D eigenvalue weighted by Crippen LogP contribution is -2.18. The van der Waals surface area contributed by atoms with Crippen molar-refractivity contribution in [1.82, 2.24) is 0 Å². The maximum Gasteiger partial charge on any atom is -0.0248 e. The van der Waals surface area contributed by atoms with Crippen LogP contribution in [-0.2, 0) is 12.8 Å². The summed E-state index contributed by atoms with van der Waals surface area (Å²) in [6, 6.07) is 6.94. The zero-order valence-corrected chi connectivity index (χ0v) is 14.3. The molecule has 1 aromatic rings. The Hall–Kier alpha value is -1.04. The lowest BCUT2D eigenvalue weighted by molar-refractivity contribution is 0.241. The van der Waals surface area contributed by atoms with E-state index in [2.05, 4.69) is 31.7 Å². The SMILES string of the molecule is C=Cc1ccc2c(c1)CCC(CCC1CCC(CC)CC1)C2. The summed E-state index contributed by atoms with van der Waals surface area (Å²) in [4.78, 5) is 0. The van der Waals surface area contributed by atoms with E-state index in [1.807, 2.05) is 6.08 Å². The fraction of sp³-hybridized carbons (Fsp3) is 0.636. The molecule has 0 aromatic heterocycles. The van der Waals surface area contributed by atoms with Crippen molar-refractivity contribution in [3.63, 3.8) is 0 Å². The number of rotatable bonds is 5. The standard InChI is InChI=1S/C22H32/c1-3-17-5-7-19(8-6-17)9-10-20-12-14-21-15-18(4-2)11-13-22(21)16-20/h4,11,13,15,17,19-20H,2-3,5-10,12,14,16H2,1H3. The van der Waals surface area contributed by atoms with Gasteiger partial charge in [0.25, 0.3) is 0 Å². The van der Waals surface area contributed by atoms with Crippen molar-refractivity contribution in [2.45, 2.75) is 71.1 Å². The molecule has 2 aliphatic carbocycles. The minimum absolute atomic E-state index is 0.936. The topological polar surface area (TPSA) is 0 Å². The molecule has 22 heavy (non-hydrogen) atoms. The molecule has 3 rings (SSSR count). The largest absolute Gasteiger partial charge is 0.0985 e. The van der Waals surface area contributed by atoms with Gasteiger partial charge >= 0.3 is 0 Å². The van der Waals surface area contributed by atoms with Crippen LogP contribution < -0.4 is 0 Å². The predicted molar refractivity (Wildman–Crippen MR) is 97.0 cm³/mol. The summed E-state index contributed by atoms with van der Waals surface area (Å²) in [6.45, 7) is 6.25. The molecule has 0 spiro atoms. The molecule has 1 saturated carbocycles. The summed E-state index contributed by atoms with van der Waals surface area (Å²) in [5.74, 6) is 3.01.